The molecule has 0 bridgehead atoms. The average molecular weight is 360 g/mol. The van der Waals surface area contributed by atoms with Gasteiger partial charge in [-0.25, -0.2) is 0 Å². The van der Waals surface area contributed by atoms with Gasteiger partial charge >= 0.3 is 0 Å². The van der Waals surface area contributed by atoms with Crippen molar-refractivity contribution < 1.29 is 0 Å². The van der Waals surface area contributed by atoms with Crippen molar-refractivity contribution in [1.29, 1.82) is 5.26 Å². The first kappa shape index (κ1) is 18.1. The Morgan fingerprint density at radius 1 is 0.815 bits per heavy atom. The van der Waals surface area contributed by atoms with Crippen LogP contribution in [-0.2, 0) is 12.0 Å². The number of hydrogen-bond acceptors (Lipinski definition) is 3. The van der Waals surface area contributed by atoms with Crippen LogP contribution in [0.1, 0.15) is 56.1 Å². The van der Waals surface area contributed by atoms with Crippen LogP contribution in [0.15, 0.2) is 48.5 Å². The smallest absolute Gasteiger partial charge is 0.0822 e. The Labute approximate surface area is 163 Å². The topological polar surface area (TPSA) is 39.1 Å². The lowest BCUT2D eigenvalue weighted by Gasteiger charge is -2.26. The quantitative estimate of drug-likeness (QED) is 0.738. The molecule has 4 rings (SSSR count). The van der Waals surface area contributed by atoms with Crippen LogP contribution in [0.5, 0.6) is 0 Å². The van der Waals surface area contributed by atoms with E-state index in [4.69, 9.17) is 0 Å². The summed E-state index contributed by atoms with van der Waals surface area (Å²) in [5.41, 5.74) is 4.49. The van der Waals surface area contributed by atoms with E-state index < -0.39 is 0 Å². The van der Waals surface area contributed by atoms with Crippen molar-refractivity contribution in [1.82, 2.24) is 4.90 Å². The predicted molar refractivity (Wildman–Crippen MR) is 111 cm³/mol. The van der Waals surface area contributed by atoms with Gasteiger partial charge in [-0.1, -0.05) is 43.5 Å². The maximum Gasteiger partial charge on any atom is 0.0822 e. The first-order valence-electron chi connectivity index (χ1n) is 10.4. The van der Waals surface area contributed by atoms with Crippen LogP contribution in [0.2, 0.25) is 0 Å². The maximum atomic E-state index is 9.65. The number of hydrogen-bond donors (Lipinski definition) is 1. The molecule has 0 aromatic heterocycles. The van der Waals surface area contributed by atoms with Crippen molar-refractivity contribution in [2.75, 3.05) is 18.4 Å². The van der Waals surface area contributed by atoms with E-state index in [9.17, 15) is 5.26 Å². The Balaban J connectivity index is 1.38. The molecule has 140 valence electrons. The van der Waals surface area contributed by atoms with Crippen molar-refractivity contribution in [2.45, 2.75) is 56.9 Å². The minimum absolute atomic E-state index is 0.255. The van der Waals surface area contributed by atoms with Gasteiger partial charge in [-0.3, -0.25) is 4.90 Å². The zero-order valence-electron chi connectivity index (χ0n) is 16.1. The van der Waals surface area contributed by atoms with Crippen LogP contribution in [-0.4, -0.2) is 18.0 Å². The molecule has 1 heterocycles. The zero-order chi connectivity index (χ0) is 18.5. The first-order valence-corrected chi connectivity index (χ1v) is 10.4. The molecule has 1 aliphatic carbocycles. The molecule has 3 heteroatoms. The molecule has 0 unspecified atom stereocenters. The second-order valence-corrected chi connectivity index (χ2v) is 8.14. The van der Waals surface area contributed by atoms with Crippen molar-refractivity contribution in [3.8, 4) is 6.07 Å². The third-order valence-corrected chi connectivity index (χ3v) is 6.21. The Kier molecular flexibility index (Phi) is 5.45. The Hall–Kier alpha value is -2.31. The van der Waals surface area contributed by atoms with Gasteiger partial charge in [0.1, 0.15) is 0 Å². The normalized spacial score (nSPS) is 19.5. The van der Waals surface area contributed by atoms with Gasteiger partial charge in [0.2, 0.25) is 0 Å². The van der Waals surface area contributed by atoms with Gasteiger partial charge in [-0.05, 0) is 74.2 Å². The second kappa shape index (κ2) is 8.15. The van der Waals surface area contributed by atoms with E-state index in [2.05, 4.69) is 64.8 Å². The lowest BCUT2D eigenvalue weighted by atomic mass is 9.80. The minimum Gasteiger partial charge on any atom is -0.356 e. The van der Waals surface area contributed by atoms with Crippen LogP contribution in [0.3, 0.4) is 0 Å². The summed E-state index contributed by atoms with van der Waals surface area (Å²) in [5.74, 6) is 0. The van der Waals surface area contributed by atoms with Gasteiger partial charge in [0.05, 0.1) is 11.5 Å². The fraction of sp³-hybridized carbons (Fsp3) is 0.458. The van der Waals surface area contributed by atoms with E-state index in [1.54, 1.807) is 0 Å². The SMILES string of the molecule is N#CC1(c2ccc(Nc3ccc(CN4CCCCC4)cc3)cc2)CCCC1. The monoisotopic (exact) mass is 359 g/mol. The predicted octanol–water partition coefficient (Wildman–Crippen LogP) is 5.75. The fourth-order valence-electron chi connectivity index (χ4n) is 4.55. The van der Waals surface area contributed by atoms with Gasteiger partial charge in [0, 0.05) is 17.9 Å². The summed E-state index contributed by atoms with van der Waals surface area (Å²) in [6, 6.07) is 19.8. The zero-order valence-corrected chi connectivity index (χ0v) is 16.1. The Bertz CT molecular complexity index is 774. The molecule has 3 nitrogen and oxygen atoms in total. The maximum absolute atomic E-state index is 9.65. The van der Waals surface area contributed by atoms with E-state index in [0.717, 1.165) is 43.6 Å². The van der Waals surface area contributed by atoms with Crippen molar-refractivity contribution >= 4 is 11.4 Å². The first-order chi connectivity index (χ1) is 13.3. The van der Waals surface area contributed by atoms with Crippen LogP contribution in [0.25, 0.3) is 0 Å². The summed E-state index contributed by atoms with van der Waals surface area (Å²) in [4.78, 5) is 2.55. The highest BCUT2D eigenvalue weighted by molar-refractivity contribution is 5.60. The molecule has 0 spiro atoms. The number of nitrogens with one attached hydrogen (secondary N) is 1. The molecule has 2 aromatic carbocycles. The third-order valence-electron chi connectivity index (χ3n) is 6.21. The number of anilines is 2. The average Bonchev–Trinajstić information content (AvgIpc) is 3.21. The highest BCUT2D eigenvalue weighted by Crippen LogP contribution is 2.40. The summed E-state index contributed by atoms with van der Waals surface area (Å²) in [6.45, 7) is 3.53. The molecular formula is C24H29N3. The van der Waals surface area contributed by atoms with Gasteiger partial charge in [-0.15, -0.1) is 0 Å². The van der Waals surface area contributed by atoms with Crippen molar-refractivity contribution in [3.05, 3.63) is 59.7 Å². The lowest BCUT2D eigenvalue weighted by Crippen LogP contribution is -2.29. The summed E-state index contributed by atoms with van der Waals surface area (Å²) < 4.78 is 0. The number of rotatable bonds is 5. The molecule has 2 fully saturated rings. The van der Waals surface area contributed by atoms with Crippen molar-refractivity contribution in [2.24, 2.45) is 0 Å². The van der Waals surface area contributed by atoms with Gasteiger partial charge < -0.3 is 5.32 Å². The number of nitrogens with zero attached hydrogens (tertiary/aromatic N) is 2. The Morgan fingerprint density at radius 3 is 2.00 bits per heavy atom. The molecule has 2 aromatic rings. The minimum atomic E-state index is -0.255. The van der Waals surface area contributed by atoms with E-state index in [0.29, 0.717) is 0 Å². The molecule has 0 amide bonds. The second-order valence-electron chi connectivity index (χ2n) is 8.14. The Morgan fingerprint density at radius 2 is 1.41 bits per heavy atom. The standard InChI is InChI=1S/C24H29N3/c25-19-24(14-2-3-15-24)21-8-12-23(13-9-21)26-22-10-6-20(7-11-22)18-27-16-4-1-5-17-27/h6-13,26H,1-5,14-18H2. The molecule has 0 radical (unpaired) electrons. The highest BCUT2D eigenvalue weighted by atomic mass is 15.1. The molecule has 2 aliphatic rings. The lowest BCUT2D eigenvalue weighted by molar-refractivity contribution is 0.221. The molecule has 1 aliphatic heterocycles. The van der Waals surface area contributed by atoms with E-state index in [1.807, 2.05) is 0 Å². The highest BCUT2D eigenvalue weighted by Gasteiger charge is 2.35. The van der Waals surface area contributed by atoms with E-state index >= 15 is 0 Å². The van der Waals surface area contributed by atoms with Crippen molar-refractivity contribution in [3.63, 3.8) is 0 Å². The summed E-state index contributed by atoms with van der Waals surface area (Å²) in [6.07, 6.45) is 8.37. The molecule has 1 saturated heterocycles. The molecular weight excluding hydrogens is 330 g/mol. The fourth-order valence-corrected chi connectivity index (χ4v) is 4.55. The third kappa shape index (κ3) is 4.17. The number of piperidine rings is 1. The van der Waals surface area contributed by atoms with Crippen LogP contribution < -0.4 is 5.32 Å². The molecule has 1 N–H and O–H groups in total. The van der Waals surface area contributed by atoms with Crippen LogP contribution >= 0.6 is 0 Å². The van der Waals surface area contributed by atoms with Crippen LogP contribution in [0.4, 0.5) is 11.4 Å². The summed E-state index contributed by atoms with van der Waals surface area (Å²) in [7, 11) is 0. The van der Waals surface area contributed by atoms with Gasteiger partial charge in [0.25, 0.3) is 0 Å². The summed E-state index contributed by atoms with van der Waals surface area (Å²) in [5, 5.41) is 13.1. The van der Waals surface area contributed by atoms with Gasteiger partial charge in [0.15, 0.2) is 0 Å². The number of nitriles is 1. The number of likely N-dealkylation sites (tertiary alicyclic amines) is 1. The molecule has 0 atom stereocenters. The number of benzene rings is 2. The molecule has 27 heavy (non-hydrogen) atoms. The largest absolute Gasteiger partial charge is 0.356 e. The van der Waals surface area contributed by atoms with Gasteiger partial charge in [-0.2, -0.15) is 5.26 Å². The van der Waals surface area contributed by atoms with E-state index in [-0.39, 0.29) is 5.41 Å². The van der Waals surface area contributed by atoms with E-state index in [1.165, 1.54) is 43.5 Å². The summed E-state index contributed by atoms with van der Waals surface area (Å²) >= 11 is 0. The van der Waals surface area contributed by atoms with Crippen LogP contribution in [0, 0.1) is 11.3 Å². The molecule has 1 saturated carbocycles.